The number of aliphatic hydroxyl groups is 12. The highest BCUT2D eigenvalue weighted by atomic mass is 16.8. The Morgan fingerprint density at radius 3 is 1.88 bits per heavy atom. The maximum Gasteiger partial charge on any atom is 0.187 e. The third-order valence-corrected chi connectivity index (χ3v) is 19.3. The molecule has 4 saturated heterocycles. The van der Waals surface area contributed by atoms with Crippen molar-refractivity contribution in [1.82, 2.24) is 0 Å². The summed E-state index contributed by atoms with van der Waals surface area (Å²) < 4.78 is 42.8. The molecule has 0 spiro atoms. The fraction of sp³-hybridized carbons (Fsp3) is 1.00. The first-order valence-electron chi connectivity index (χ1n) is 24.3. The molecule has 0 amide bonds. The van der Waals surface area contributed by atoms with Crippen molar-refractivity contribution in [3.05, 3.63) is 0 Å². The second kappa shape index (κ2) is 18.1. The second-order valence-electron chi connectivity index (χ2n) is 23.6. The Balaban J connectivity index is 1.03. The Hall–Kier alpha value is -0.760. The molecule has 8 rings (SSSR count). The Morgan fingerprint density at radius 1 is 0.576 bits per heavy atom. The molecular weight excluding hydrogens is 868 g/mol. The van der Waals surface area contributed by atoms with Crippen molar-refractivity contribution in [2.24, 2.45) is 45.3 Å². The molecule has 8 fully saturated rings. The molecule has 0 radical (unpaired) electrons. The SMILES string of the molecule is CC1(C)O[C@](C)([C@@H]2CC[C@]3(C)[C@H]2[C@H](O)C[C@H]2[C@@]4(C)CC[C@H](O[C@@H]5O[C@@H](CO[C@@H]6OC[C@@H](O)[C@H](O)[C@@H]6O)[C@@H](O)[C@H](O)[C@@H]5O[C@@H]5O[C@@H](CO)[C@@H](O)[C@H](O)[C@@H]5O)C(C)(C)[C@@H]4CC[C@]23C)C[C@H](O)[C@H]1O. The monoisotopic (exact) mass is 949 g/mol. The van der Waals surface area contributed by atoms with E-state index in [0.717, 1.165) is 32.1 Å². The summed E-state index contributed by atoms with van der Waals surface area (Å²) in [6, 6.07) is 0. The van der Waals surface area contributed by atoms with Gasteiger partial charge < -0.3 is 94.4 Å². The van der Waals surface area contributed by atoms with Crippen LogP contribution in [-0.2, 0) is 33.2 Å². The van der Waals surface area contributed by atoms with Crippen LogP contribution < -0.4 is 0 Å². The molecule has 8 aliphatic rings. The lowest BCUT2D eigenvalue weighted by atomic mass is 9.35. The lowest BCUT2D eigenvalue weighted by Crippen LogP contribution is -2.68. The molecule has 0 aromatic rings. The quantitative estimate of drug-likeness (QED) is 0.121. The average molecular weight is 949 g/mol. The van der Waals surface area contributed by atoms with E-state index in [2.05, 4.69) is 34.6 Å². The maximum atomic E-state index is 12.5. The van der Waals surface area contributed by atoms with Gasteiger partial charge in [0.1, 0.15) is 73.2 Å². The van der Waals surface area contributed by atoms with Gasteiger partial charge in [0.25, 0.3) is 0 Å². The van der Waals surface area contributed by atoms with E-state index in [4.69, 9.17) is 33.2 Å². The van der Waals surface area contributed by atoms with Crippen molar-refractivity contribution in [3.63, 3.8) is 0 Å². The molecule has 0 aromatic heterocycles. The molecule has 12 N–H and O–H groups in total. The van der Waals surface area contributed by atoms with Crippen LogP contribution in [0.2, 0.25) is 0 Å². The van der Waals surface area contributed by atoms with Gasteiger partial charge in [-0.05, 0) is 111 Å². The van der Waals surface area contributed by atoms with Crippen molar-refractivity contribution in [3.8, 4) is 0 Å². The highest BCUT2D eigenvalue weighted by Crippen LogP contribution is 2.76. The topological polar surface area (TPSA) is 307 Å². The molecule has 4 aliphatic heterocycles. The first-order valence-corrected chi connectivity index (χ1v) is 24.3. The van der Waals surface area contributed by atoms with Crippen LogP contribution in [0.5, 0.6) is 0 Å². The minimum Gasteiger partial charge on any atom is -0.394 e. The summed E-state index contributed by atoms with van der Waals surface area (Å²) in [7, 11) is 0. The zero-order valence-electron chi connectivity index (χ0n) is 39.7. The van der Waals surface area contributed by atoms with Crippen molar-refractivity contribution in [2.45, 2.75) is 228 Å². The van der Waals surface area contributed by atoms with Crippen LogP contribution in [0.25, 0.3) is 0 Å². The minimum atomic E-state index is -1.84. The average Bonchev–Trinajstić information content (AvgIpc) is 3.64. The van der Waals surface area contributed by atoms with Crippen LogP contribution in [0, 0.1) is 45.3 Å². The van der Waals surface area contributed by atoms with E-state index >= 15 is 0 Å². The molecule has 26 atom stereocenters. The van der Waals surface area contributed by atoms with Gasteiger partial charge in [0.15, 0.2) is 18.9 Å². The predicted octanol–water partition coefficient (Wildman–Crippen LogP) is -1.21. The molecule has 382 valence electrons. The van der Waals surface area contributed by atoms with Gasteiger partial charge in [-0.1, -0.05) is 34.6 Å². The fourth-order valence-electron chi connectivity index (χ4n) is 15.5. The Bertz CT molecular complexity index is 1700. The van der Waals surface area contributed by atoms with E-state index in [0.29, 0.717) is 12.8 Å². The van der Waals surface area contributed by atoms with Gasteiger partial charge in [0.05, 0.1) is 49.3 Å². The summed E-state index contributed by atoms with van der Waals surface area (Å²) in [5, 5.41) is 130. The van der Waals surface area contributed by atoms with Gasteiger partial charge in [-0.25, -0.2) is 0 Å². The molecule has 0 bridgehead atoms. The predicted molar refractivity (Wildman–Crippen MR) is 228 cm³/mol. The summed E-state index contributed by atoms with van der Waals surface area (Å²) in [5.74, 6) is 0.103. The molecule has 19 nitrogen and oxygen atoms in total. The molecule has 19 heteroatoms. The van der Waals surface area contributed by atoms with Crippen molar-refractivity contribution < 1.29 is 94.4 Å². The van der Waals surface area contributed by atoms with E-state index in [1.807, 2.05) is 20.8 Å². The van der Waals surface area contributed by atoms with E-state index in [9.17, 15) is 61.3 Å². The lowest BCUT2D eigenvalue weighted by Gasteiger charge is -2.71. The first-order chi connectivity index (χ1) is 30.7. The number of rotatable bonds is 9. The molecular formula is C47H80O19. The highest BCUT2D eigenvalue weighted by Gasteiger charge is 2.72. The van der Waals surface area contributed by atoms with Crippen LogP contribution in [0.15, 0.2) is 0 Å². The first kappa shape index (κ1) is 51.6. The summed E-state index contributed by atoms with van der Waals surface area (Å²) >= 11 is 0. The fourth-order valence-corrected chi connectivity index (χ4v) is 15.5. The molecule has 66 heavy (non-hydrogen) atoms. The normalized spacial score (nSPS) is 57.1. The standard InChI is InChI=1S/C47H80O19/c1-42(2)26-10-14-45(6)27(15-21(49)29-20(9-13-46(29,45)7)47(8)16-22(50)38(59)43(3,4)66-47)44(26,5)12-11-28(42)64-41-37(65-40-36(58)33(55)31(53)24(17-48)62-40)34(56)32(54)25(63-41)19-61-39-35(57)30(52)23(51)18-60-39/h20-41,48-59H,9-19H2,1-8H3/t20-,21-,22+,23-,24+,25+,26+,27+,28+,29-,30+,31-,32-,33+,34+,35+,36+,37+,38-,39+,40+,41+,44+,45-,46-,47+/m1/s1. The van der Waals surface area contributed by atoms with Gasteiger partial charge in [0.2, 0.25) is 0 Å². The number of hydrogen-bond donors (Lipinski definition) is 12. The highest BCUT2D eigenvalue weighted by molar-refractivity contribution is 5.21. The van der Waals surface area contributed by atoms with Gasteiger partial charge in [-0.3, -0.25) is 0 Å². The van der Waals surface area contributed by atoms with Crippen LogP contribution in [0.4, 0.5) is 0 Å². The molecule has 0 aromatic carbocycles. The molecule has 4 saturated carbocycles. The van der Waals surface area contributed by atoms with Crippen LogP contribution in [0.1, 0.15) is 107 Å². The third-order valence-electron chi connectivity index (χ3n) is 19.3. The van der Waals surface area contributed by atoms with Gasteiger partial charge in [-0.2, -0.15) is 0 Å². The molecule has 4 heterocycles. The third kappa shape index (κ3) is 8.16. The lowest BCUT2D eigenvalue weighted by molar-refractivity contribution is -0.382. The Kier molecular flexibility index (Phi) is 14.1. The van der Waals surface area contributed by atoms with Crippen LogP contribution >= 0.6 is 0 Å². The second-order valence-corrected chi connectivity index (χ2v) is 23.6. The molecule has 4 aliphatic carbocycles. The zero-order valence-corrected chi connectivity index (χ0v) is 39.7. The van der Waals surface area contributed by atoms with Gasteiger partial charge in [-0.15, -0.1) is 0 Å². The number of fused-ring (bicyclic) bond motifs is 5. The molecule has 0 unspecified atom stereocenters. The number of aliphatic hydroxyl groups excluding tert-OH is 12. The summed E-state index contributed by atoms with van der Waals surface area (Å²) in [4.78, 5) is 0. The summed E-state index contributed by atoms with van der Waals surface area (Å²) in [6.07, 6.45) is -19.7. The smallest absolute Gasteiger partial charge is 0.187 e. The number of ether oxygens (including phenoxy) is 7. The van der Waals surface area contributed by atoms with Gasteiger partial charge >= 0.3 is 0 Å². The van der Waals surface area contributed by atoms with Crippen molar-refractivity contribution in [2.75, 3.05) is 19.8 Å². The maximum absolute atomic E-state index is 12.5. The van der Waals surface area contributed by atoms with E-state index in [1.165, 1.54) is 0 Å². The van der Waals surface area contributed by atoms with E-state index in [1.54, 1.807) is 0 Å². The van der Waals surface area contributed by atoms with E-state index < -0.39 is 140 Å². The van der Waals surface area contributed by atoms with Crippen molar-refractivity contribution >= 4 is 0 Å². The van der Waals surface area contributed by atoms with E-state index in [-0.39, 0.29) is 52.9 Å². The van der Waals surface area contributed by atoms with Gasteiger partial charge in [0, 0.05) is 6.42 Å². The number of hydrogen-bond acceptors (Lipinski definition) is 19. The Morgan fingerprint density at radius 2 is 1.21 bits per heavy atom. The minimum absolute atomic E-state index is 0.0284. The zero-order chi connectivity index (χ0) is 48.4. The summed E-state index contributed by atoms with van der Waals surface area (Å²) in [6.45, 7) is 15.5. The van der Waals surface area contributed by atoms with Crippen LogP contribution in [0.3, 0.4) is 0 Å². The largest absolute Gasteiger partial charge is 0.394 e. The van der Waals surface area contributed by atoms with Crippen molar-refractivity contribution in [1.29, 1.82) is 0 Å². The Labute approximate surface area is 387 Å². The summed E-state index contributed by atoms with van der Waals surface area (Å²) in [5.41, 5.74) is -2.92. The van der Waals surface area contributed by atoms with Crippen LogP contribution in [-0.4, -0.2) is 203 Å².